The van der Waals surface area contributed by atoms with Crippen LogP contribution in [0.1, 0.15) is 45.4 Å². The first kappa shape index (κ1) is 17.2. The first-order valence-electron chi connectivity index (χ1n) is 4.82. The van der Waals surface area contributed by atoms with Crippen LogP contribution in [0.3, 0.4) is 0 Å². The van der Waals surface area contributed by atoms with Crippen molar-refractivity contribution in [2.24, 2.45) is 0 Å². The van der Waals surface area contributed by atoms with Gasteiger partial charge in [0.2, 0.25) is 0 Å². The third-order valence-electron chi connectivity index (χ3n) is 1.91. The molecule has 0 aliphatic carbocycles. The van der Waals surface area contributed by atoms with Crippen molar-refractivity contribution >= 4 is 24.5 Å². The molecule has 14 heavy (non-hydrogen) atoms. The van der Waals surface area contributed by atoms with Gasteiger partial charge in [-0.2, -0.15) is 0 Å². The zero-order valence-electron chi connectivity index (χ0n) is 8.59. The molecule has 90 valence electrons. The van der Waals surface area contributed by atoms with Gasteiger partial charge in [-0.15, -0.1) is 17.0 Å². The average molecular weight is 293 g/mol. The predicted octanol–water partition coefficient (Wildman–Crippen LogP) is 2.11. The Morgan fingerprint density at radius 2 is 1.21 bits per heavy atom. The van der Waals surface area contributed by atoms with Crippen LogP contribution in [0.2, 0.25) is 0 Å². The first-order valence-corrected chi connectivity index (χ1v) is 7.06. The van der Waals surface area contributed by atoms with Crippen molar-refractivity contribution in [1.82, 2.24) is 0 Å². The fourth-order valence-corrected chi connectivity index (χ4v) is 1.96. The Bertz CT molecular complexity index is 137. The standard InChI is InChI=1S/C8H21O4P.BrH/c1-2-3-4-5-6-7-8-13(9,10,11)12;/h9-12H,2-8H2,1H3;1H. The molecule has 4 N–H and O–H groups in total. The second-order valence-corrected chi connectivity index (χ2v) is 6.25. The summed E-state index contributed by atoms with van der Waals surface area (Å²) in [6.45, 7) is 2.12. The van der Waals surface area contributed by atoms with E-state index in [-0.39, 0.29) is 23.1 Å². The second-order valence-electron chi connectivity index (χ2n) is 3.59. The summed E-state index contributed by atoms with van der Waals surface area (Å²) in [5.41, 5.74) is 0. The van der Waals surface area contributed by atoms with Crippen molar-refractivity contribution in [2.75, 3.05) is 6.16 Å². The molecule has 0 rings (SSSR count). The van der Waals surface area contributed by atoms with Crippen LogP contribution < -0.4 is 0 Å². The van der Waals surface area contributed by atoms with Gasteiger partial charge in [0.15, 0.2) is 0 Å². The van der Waals surface area contributed by atoms with Crippen molar-refractivity contribution < 1.29 is 19.6 Å². The Hall–Kier alpha value is 0.750. The molecule has 0 saturated carbocycles. The quantitative estimate of drug-likeness (QED) is 0.428. The molecule has 0 spiro atoms. The molecule has 0 amide bonds. The maximum atomic E-state index is 8.68. The Morgan fingerprint density at radius 1 is 0.786 bits per heavy atom. The molecule has 0 aliphatic heterocycles. The summed E-state index contributed by atoms with van der Waals surface area (Å²) >= 11 is 0. The molecular weight excluding hydrogens is 271 g/mol. The van der Waals surface area contributed by atoms with Gasteiger partial charge in [-0.25, -0.2) is 0 Å². The molecular formula is C8H22BrO4P. The number of hydrogen-bond acceptors (Lipinski definition) is 4. The first-order chi connectivity index (χ1) is 5.81. The number of hydrogen-bond donors (Lipinski definition) is 4. The van der Waals surface area contributed by atoms with Crippen LogP contribution in [-0.2, 0) is 0 Å². The summed E-state index contributed by atoms with van der Waals surface area (Å²) in [5, 5.41) is 0. The van der Waals surface area contributed by atoms with Crippen LogP contribution >= 0.6 is 24.5 Å². The van der Waals surface area contributed by atoms with E-state index in [1.54, 1.807) is 0 Å². The fraction of sp³-hybridized carbons (Fsp3) is 1.00. The van der Waals surface area contributed by atoms with E-state index in [0.717, 1.165) is 19.3 Å². The summed E-state index contributed by atoms with van der Waals surface area (Å²) in [5.74, 6) is 0. The van der Waals surface area contributed by atoms with Crippen LogP contribution in [0.5, 0.6) is 0 Å². The predicted molar refractivity (Wildman–Crippen MR) is 64.4 cm³/mol. The van der Waals surface area contributed by atoms with Crippen molar-refractivity contribution in [3.8, 4) is 0 Å². The Morgan fingerprint density at radius 3 is 1.64 bits per heavy atom. The van der Waals surface area contributed by atoms with Crippen LogP contribution in [-0.4, -0.2) is 25.7 Å². The molecule has 0 saturated heterocycles. The number of rotatable bonds is 7. The van der Waals surface area contributed by atoms with Crippen molar-refractivity contribution in [1.29, 1.82) is 0 Å². The third-order valence-corrected chi connectivity index (χ3v) is 3.03. The molecule has 0 aromatic carbocycles. The molecule has 0 aromatic rings. The monoisotopic (exact) mass is 292 g/mol. The van der Waals surface area contributed by atoms with E-state index in [1.165, 1.54) is 12.8 Å². The van der Waals surface area contributed by atoms with E-state index in [1.807, 2.05) is 0 Å². The topological polar surface area (TPSA) is 80.9 Å². The molecule has 4 nitrogen and oxygen atoms in total. The zero-order valence-corrected chi connectivity index (χ0v) is 11.2. The number of unbranched alkanes of at least 4 members (excludes halogenated alkanes) is 5. The van der Waals surface area contributed by atoms with Gasteiger partial charge in [-0.1, -0.05) is 0 Å². The summed E-state index contributed by atoms with van der Waals surface area (Å²) in [6, 6.07) is 0. The molecule has 0 atom stereocenters. The molecule has 0 fully saturated rings. The summed E-state index contributed by atoms with van der Waals surface area (Å²) in [4.78, 5) is 34.7. The molecule has 0 radical (unpaired) electrons. The fourth-order valence-electron chi connectivity index (χ4n) is 1.17. The maximum absolute atomic E-state index is 8.68. The molecule has 0 aliphatic rings. The van der Waals surface area contributed by atoms with Gasteiger partial charge in [0, 0.05) is 0 Å². The normalized spacial score (nSPS) is 14.2. The van der Waals surface area contributed by atoms with Crippen molar-refractivity contribution in [3.05, 3.63) is 0 Å². The van der Waals surface area contributed by atoms with Gasteiger partial charge < -0.3 is 0 Å². The summed E-state index contributed by atoms with van der Waals surface area (Å²) in [6.07, 6.45) is 5.47. The van der Waals surface area contributed by atoms with Gasteiger partial charge >= 0.3 is 78.7 Å². The van der Waals surface area contributed by atoms with Crippen LogP contribution in [0.25, 0.3) is 0 Å². The van der Waals surface area contributed by atoms with E-state index in [2.05, 4.69) is 6.92 Å². The Balaban J connectivity index is 0. The molecule has 6 heteroatoms. The van der Waals surface area contributed by atoms with E-state index in [4.69, 9.17) is 19.6 Å². The minimum atomic E-state index is -5.18. The van der Waals surface area contributed by atoms with Gasteiger partial charge in [-0.05, 0) is 0 Å². The Kier molecular flexibility index (Phi) is 8.69. The van der Waals surface area contributed by atoms with E-state index in [0.29, 0.717) is 6.42 Å². The molecule has 0 heterocycles. The molecule has 0 bridgehead atoms. The molecule has 0 unspecified atom stereocenters. The second kappa shape index (κ2) is 7.09. The van der Waals surface area contributed by atoms with Gasteiger partial charge in [0.1, 0.15) is 0 Å². The Labute approximate surface area is 96.0 Å². The average Bonchev–Trinajstić information content (AvgIpc) is 1.93. The van der Waals surface area contributed by atoms with Gasteiger partial charge in [0.05, 0.1) is 0 Å². The number of halogens is 1. The van der Waals surface area contributed by atoms with Crippen LogP contribution in [0.4, 0.5) is 0 Å². The zero-order chi connectivity index (χ0) is 10.4. The van der Waals surface area contributed by atoms with Gasteiger partial charge in [0.25, 0.3) is 0 Å². The van der Waals surface area contributed by atoms with E-state index < -0.39 is 7.51 Å². The van der Waals surface area contributed by atoms with Crippen molar-refractivity contribution in [3.63, 3.8) is 0 Å². The van der Waals surface area contributed by atoms with E-state index in [9.17, 15) is 0 Å². The van der Waals surface area contributed by atoms with Crippen LogP contribution in [0, 0.1) is 0 Å². The summed E-state index contributed by atoms with van der Waals surface area (Å²) < 4.78 is 0. The summed E-state index contributed by atoms with van der Waals surface area (Å²) in [7, 11) is -5.18. The SMILES string of the molecule is Br.CCCCCCCCP(O)(O)(O)O. The van der Waals surface area contributed by atoms with Crippen molar-refractivity contribution in [2.45, 2.75) is 45.4 Å². The minimum absolute atomic E-state index is 0. The van der Waals surface area contributed by atoms with Crippen LogP contribution in [0.15, 0.2) is 0 Å². The molecule has 0 aromatic heterocycles. The van der Waals surface area contributed by atoms with E-state index >= 15 is 0 Å². The van der Waals surface area contributed by atoms with Gasteiger partial charge in [-0.3, -0.25) is 0 Å². The third kappa shape index (κ3) is 15.2.